The first-order valence-corrected chi connectivity index (χ1v) is 11.3. The number of hydrogen-bond acceptors (Lipinski definition) is 4. The van der Waals surface area contributed by atoms with Crippen LogP contribution in [0.15, 0.2) is 47.5 Å². The molecule has 29 heavy (non-hydrogen) atoms. The molecule has 3 aromatic rings. The molecule has 152 valence electrons. The Morgan fingerprint density at radius 3 is 2.83 bits per heavy atom. The van der Waals surface area contributed by atoms with E-state index in [2.05, 4.69) is 15.5 Å². The molecule has 1 atom stereocenters. The molecule has 2 heterocycles. The molecule has 0 aliphatic carbocycles. The number of halogens is 4. The van der Waals surface area contributed by atoms with E-state index >= 15 is 0 Å². The highest BCUT2D eigenvalue weighted by Gasteiger charge is 2.34. The quantitative estimate of drug-likeness (QED) is 0.493. The summed E-state index contributed by atoms with van der Waals surface area (Å²) >= 11 is 9.19. The number of H-pyrrole nitrogens is 1. The van der Waals surface area contributed by atoms with E-state index in [0.717, 1.165) is 33.0 Å². The van der Waals surface area contributed by atoms with Gasteiger partial charge in [0.2, 0.25) is 0 Å². The number of fused-ring (bicyclic) bond motifs is 1. The number of aromatic nitrogens is 2. The normalized spacial score (nSPS) is 19.1. The van der Waals surface area contributed by atoms with Gasteiger partial charge >= 0.3 is 6.18 Å². The Morgan fingerprint density at radius 2 is 2.10 bits per heavy atom. The van der Waals surface area contributed by atoms with Crippen LogP contribution >= 0.6 is 35.1 Å². The van der Waals surface area contributed by atoms with Gasteiger partial charge < -0.3 is 0 Å². The maximum Gasteiger partial charge on any atom is 0.416 e. The lowest BCUT2D eigenvalue weighted by atomic mass is 9.93. The second-order valence-corrected chi connectivity index (χ2v) is 9.49. The number of nitrogens with one attached hydrogen (secondary N) is 2. The van der Waals surface area contributed by atoms with Gasteiger partial charge in [-0.25, -0.2) is 0 Å². The van der Waals surface area contributed by atoms with Gasteiger partial charge in [-0.2, -0.15) is 18.3 Å². The van der Waals surface area contributed by atoms with Crippen LogP contribution in [-0.4, -0.2) is 27.7 Å². The molecule has 1 aliphatic rings. The van der Waals surface area contributed by atoms with Crippen molar-refractivity contribution in [3.05, 3.63) is 69.2 Å². The van der Waals surface area contributed by atoms with Crippen molar-refractivity contribution in [3.8, 4) is 0 Å². The zero-order chi connectivity index (χ0) is 20.6. The molecule has 0 amide bonds. The molecular weight excluding hydrogens is 439 g/mol. The molecular formula is C20H17ClF3N3S2. The third kappa shape index (κ3) is 4.45. The number of nitrogens with zero attached hydrogens (tertiary/aromatic N) is 1. The topological polar surface area (TPSA) is 40.7 Å². The summed E-state index contributed by atoms with van der Waals surface area (Å²) in [5, 5.41) is 11.3. The predicted octanol–water partition coefficient (Wildman–Crippen LogP) is 6.17. The highest BCUT2D eigenvalue weighted by molar-refractivity contribution is 8.18. The van der Waals surface area contributed by atoms with Gasteiger partial charge in [-0.3, -0.25) is 10.4 Å². The summed E-state index contributed by atoms with van der Waals surface area (Å²) in [5.41, 5.74) is 2.19. The summed E-state index contributed by atoms with van der Waals surface area (Å²) < 4.78 is 41.1. The Balaban J connectivity index is 1.81. The predicted molar refractivity (Wildman–Crippen MR) is 116 cm³/mol. The van der Waals surface area contributed by atoms with Crippen molar-refractivity contribution in [2.45, 2.75) is 17.3 Å². The molecule has 4 rings (SSSR count). The fraction of sp³-hybridized carbons (Fsp3) is 0.250. The minimum Gasteiger partial charge on any atom is -0.292 e. The monoisotopic (exact) mass is 455 g/mol. The van der Waals surface area contributed by atoms with Crippen LogP contribution in [0.2, 0.25) is 5.02 Å². The summed E-state index contributed by atoms with van der Waals surface area (Å²) in [4.78, 5) is 1.05. The summed E-state index contributed by atoms with van der Waals surface area (Å²) in [6.07, 6.45) is -0.574. The second-order valence-electron chi connectivity index (χ2n) is 6.62. The van der Waals surface area contributed by atoms with Crippen LogP contribution in [0.25, 0.3) is 16.5 Å². The Hall–Kier alpha value is -1.61. The maximum atomic E-state index is 13.6. The zero-order valence-electron chi connectivity index (χ0n) is 15.3. The molecule has 3 nitrogen and oxygen atoms in total. The standard InChI is InChI=1S/C20H17ClF3N3S2/c1-28-19-25-10-18(29-19)15(11-3-5-17-13(6-11)9-26-27-17)7-12-2-4-14(21)8-16(12)20(22,23)24/h2-6,8-9,19,25H,7,10H2,1H3,(H,26,27). The van der Waals surface area contributed by atoms with E-state index in [1.54, 1.807) is 29.7 Å². The van der Waals surface area contributed by atoms with E-state index in [9.17, 15) is 13.2 Å². The van der Waals surface area contributed by atoms with Gasteiger partial charge in [-0.1, -0.05) is 35.5 Å². The summed E-state index contributed by atoms with van der Waals surface area (Å²) in [6.45, 7) is 0.629. The van der Waals surface area contributed by atoms with Crippen LogP contribution in [0, 0.1) is 0 Å². The fourth-order valence-corrected chi connectivity index (χ4v) is 5.43. The van der Waals surface area contributed by atoms with Crippen molar-refractivity contribution in [1.82, 2.24) is 15.5 Å². The van der Waals surface area contributed by atoms with Crippen molar-refractivity contribution < 1.29 is 13.2 Å². The minimum absolute atomic E-state index is 0.0782. The average molecular weight is 456 g/mol. The number of benzene rings is 2. The van der Waals surface area contributed by atoms with Crippen LogP contribution in [0.4, 0.5) is 13.2 Å². The number of hydrogen-bond donors (Lipinski definition) is 2. The largest absolute Gasteiger partial charge is 0.416 e. The summed E-state index contributed by atoms with van der Waals surface area (Å²) in [6, 6.07) is 9.79. The van der Waals surface area contributed by atoms with Crippen LogP contribution in [0.1, 0.15) is 16.7 Å². The molecule has 1 unspecified atom stereocenters. The Kier molecular flexibility index (Phi) is 5.88. The number of aromatic amines is 1. The minimum atomic E-state index is -4.46. The molecule has 0 spiro atoms. The number of alkyl halides is 3. The highest BCUT2D eigenvalue weighted by atomic mass is 35.5. The molecule has 0 radical (unpaired) electrons. The molecule has 1 aromatic heterocycles. The SMILES string of the molecule is CSC1NCC(=C(Cc2ccc(Cl)cc2C(F)(F)F)c2ccc3[nH]ncc3c2)S1. The lowest BCUT2D eigenvalue weighted by Gasteiger charge is -2.17. The smallest absolute Gasteiger partial charge is 0.292 e. The van der Waals surface area contributed by atoms with E-state index in [-0.39, 0.29) is 21.7 Å². The van der Waals surface area contributed by atoms with E-state index in [4.69, 9.17) is 11.6 Å². The fourth-order valence-electron chi connectivity index (χ4n) is 3.35. The first kappa shape index (κ1) is 20.7. The van der Waals surface area contributed by atoms with Gasteiger partial charge in [-0.15, -0.1) is 11.8 Å². The van der Waals surface area contributed by atoms with Crippen molar-refractivity contribution in [3.63, 3.8) is 0 Å². The molecule has 0 bridgehead atoms. The first-order chi connectivity index (χ1) is 13.8. The van der Waals surface area contributed by atoms with Gasteiger partial charge in [0.05, 0.1) is 17.3 Å². The Bertz CT molecular complexity index is 1080. The van der Waals surface area contributed by atoms with Gasteiger partial charge in [-0.05, 0) is 53.6 Å². The first-order valence-electron chi connectivity index (χ1n) is 8.79. The molecule has 1 fully saturated rings. The number of allylic oxidation sites excluding steroid dienone is 1. The summed E-state index contributed by atoms with van der Waals surface area (Å²) in [5.74, 6) is 0. The third-order valence-corrected chi connectivity index (χ3v) is 7.51. The Morgan fingerprint density at radius 1 is 1.28 bits per heavy atom. The van der Waals surface area contributed by atoms with Crippen LogP contribution in [0.5, 0.6) is 0 Å². The number of rotatable bonds is 4. The van der Waals surface area contributed by atoms with Gasteiger partial charge in [0, 0.05) is 21.9 Å². The summed E-state index contributed by atoms with van der Waals surface area (Å²) in [7, 11) is 0. The van der Waals surface area contributed by atoms with Gasteiger partial charge in [0.1, 0.15) is 4.71 Å². The average Bonchev–Trinajstić information content (AvgIpc) is 3.34. The van der Waals surface area contributed by atoms with Crippen molar-refractivity contribution in [1.29, 1.82) is 0 Å². The molecule has 1 saturated heterocycles. The zero-order valence-corrected chi connectivity index (χ0v) is 17.7. The Labute approximate surface area is 179 Å². The van der Waals surface area contributed by atoms with Crippen LogP contribution in [-0.2, 0) is 12.6 Å². The van der Waals surface area contributed by atoms with Crippen LogP contribution < -0.4 is 5.32 Å². The van der Waals surface area contributed by atoms with Crippen LogP contribution in [0.3, 0.4) is 0 Å². The molecule has 2 aromatic carbocycles. The van der Waals surface area contributed by atoms with E-state index < -0.39 is 11.7 Å². The second kappa shape index (κ2) is 8.26. The molecule has 0 saturated carbocycles. The van der Waals surface area contributed by atoms with Crippen molar-refractivity contribution in [2.24, 2.45) is 0 Å². The molecule has 9 heteroatoms. The molecule has 2 N–H and O–H groups in total. The third-order valence-electron chi connectivity index (χ3n) is 4.76. The molecule has 1 aliphatic heterocycles. The van der Waals surface area contributed by atoms with Crippen molar-refractivity contribution in [2.75, 3.05) is 12.8 Å². The van der Waals surface area contributed by atoms with Crippen molar-refractivity contribution >= 4 is 51.6 Å². The maximum absolute atomic E-state index is 13.6. The van der Waals surface area contributed by atoms with Gasteiger partial charge in [0.25, 0.3) is 0 Å². The van der Waals surface area contributed by atoms with E-state index in [1.165, 1.54) is 12.1 Å². The lowest BCUT2D eigenvalue weighted by molar-refractivity contribution is -0.138. The lowest BCUT2D eigenvalue weighted by Crippen LogP contribution is -2.15. The number of thioether (sulfide) groups is 2. The van der Waals surface area contributed by atoms with E-state index in [1.807, 2.05) is 24.5 Å². The highest BCUT2D eigenvalue weighted by Crippen LogP contribution is 2.41. The van der Waals surface area contributed by atoms with E-state index in [0.29, 0.717) is 6.54 Å². The van der Waals surface area contributed by atoms with Gasteiger partial charge in [0.15, 0.2) is 0 Å².